The summed E-state index contributed by atoms with van der Waals surface area (Å²) in [7, 11) is 0. The van der Waals surface area contributed by atoms with Gasteiger partial charge in [0.15, 0.2) is 0 Å². The van der Waals surface area contributed by atoms with Gasteiger partial charge >= 0.3 is 6.09 Å². The van der Waals surface area contributed by atoms with E-state index in [9.17, 15) is 4.79 Å². The minimum Gasteiger partial charge on any atom is -0.488 e. The highest BCUT2D eigenvalue weighted by Crippen LogP contribution is 2.37. The van der Waals surface area contributed by atoms with Crippen LogP contribution in [0.3, 0.4) is 0 Å². The monoisotopic (exact) mass is 313 g/mol. The Kier molecular flexibility index (Phi) is 5.16. The Bertz CT molecular complexity index is 491. The fourth-order valence-electron chi connectivity index (χ4n) is 2.31. The van der Waals surface area contributed by atoms with Crippen molar-refractivity contribution in [3.63, 3.8) is 0 Å². The van der Waals surface area contributed by atoms with Crippen molar-refractivity contribution in [2.24, 2.45) is 5.41 Å². The highest BCUT2D eigenvalue weighted by Gasteiger charge is 2.37. The Morgan fingerprint density at radius 1 is 1.24 bits per heavy atom. The van der Waals surface area contributed by atoms with Gasteiger partial charge in [0.05, 0.1) is 6.04 Å². The predicted molar refractivity (Wildman–Crippen MR) is 85.1 cm³/mol. The molecule has 1 aliphatic rings. The molecule has 1 aromatic carbocycles. The van der Waals surface area contributed by atoms with Crippen LogP contribution in [0, 0.1) is 5.41 Å². The van der Waals surface area contributed by atoms with Crippen LogP contribution in [-0.2, 0) is 4.74 Å². The Balaban J connectivity index is 0.00000220. The van der Waals surface area contributed by atoms with Gasteiger partial charge in [-0.05, 0) is 38.5 Å². The molecule has 1 saturated heterocycles. The summed E-state index contributed by atoms with van der Waals surface area (Å²) < 4.78 is 10.9. The maximum atomic E-state index is 11.4. The van der Waals surface area contributed by atoms with Gasteiger partial charge in [0.2, 0.25) is 0 Å². The summed E-state index contributed by atoms with van der Waals surface area (Å²) in [5.74, 6) is 0.831. The number of cyclic esters (lactones) is 1. The Morgan fingerprint density at radius 2 is 1.81 bits per heavy atom. The molecule has 0 aliphatic carbocycles. The highest BCUT2D eigenvalue weighted by atomic mass is 35.5. The third-order valence-electron chi connectivity index (χ3n) is 3.26. The molecule has 0 radical (unpaired) electrons. The molecule has 1 fully saturated rings. The Labute approximate surface area is 132 Å². The minimum atomic E-state index is -0.357. The first-order valence-electron chi connectivity index (χ1n) is 6.90. The number of alkyl carbamates (subject to hydrolysis) is 1. The van der Waals surface area contributed by atoms with Crippen LogP contribution in [-0.4, -0.2) is 18.3 Å². The molecule has 1 aliphatic heterocycles. The van der Waals surface area contributed by atoms with E-state index >= 15 is 0 Å². The lowest BCUT2D eigenvalue weighted by Gasteiger charge is -2.38. The number of amides is 1. The summed E-state index contributed by atoms with van der Waals surface area (Å²) in [5, 5.41) is 2.89. The van der Waals surface area contributed by atoms with Crippen molar-refractivity contribution >= 4 is 18.5 Å². The summed E-state index contributed by atoms with van der Waals surface area (Å²) in [6, 6.07) is 7.84. The van der Waals surface area contributed by atoms with Gasteiger partial charge in [-0.25, -0.2) is 4.79 Å². The Hall–Kier alpha value is -1.42. The smallest absolute Gasteiger partial charge is 0.407 e. The number of carbonyl (C=O) groups excluding carboxylic acids is 1. The van der Waals surface area contributed by atoms with Gasteiger partial charge in [0.1, 0.15) is 18.0 Å². The molecule has 5 heteroatoms. The molecule has 4 nitrogen and oxygen atoms in total. The van der Waals surface area contributed by atoms with Crippen molar-refractivity contribution in [3.05, 3.63) is 29.8 Å². The molecule has 0 saturated carbocycles. The van der Waals surface area contributed by atoms with Crippen molar-refractivity contribution in [3.8, 4) is 5.75 Å². The second-order valence-electron chi connectivity index (χ2n) is 6.93. The molecule has 1 heterocycles. The Morgan fingerprint density at radius 3 is 2.33 bits per heavy atom. The van der Waals surface area contributed by atoms with Crippen molar-refractivity contribution in [2.45, 2.75) is 46.3 Å². The average Bonchev–Trinajstić information content (AvgIpc) is 2.32. The molecular formula is C16H24ClNO3. The van der Waals surface area contributed by atoms with Gasteiger partial charge in [0, 0.05) is 5.41 Å². The number of hydrogen-bond acceptors (Lipinski definition) is 3. The maximum Gasteiger partial charge on any atom is 0.407 e. The van der Waals surface area contributed by atoms with Crippen LogP contribution in [0.1, 0.15) is 46.2 Å². The van der Waals surface area contributed by atoms with Gasteiger partial charge < -0.3 is 14.8 Å². The number of halogens is 1. The molecule has 21 heavy (non-hydrogen) atoms. The zero-order valence-corrected chi connectivity index (χ0v) is 14.0. The average molecular weight is 314 g/mol. The number of rotatable bonds is 2. The second kappa shape index (κ2) is 6.14. The third-order valence-corrected chi connectivity index (χ3v) is 3.26. The molecule has 1 N–H and O–H groups in total. The van der Waals surface area contributed by atoms with E-state index in [1.54, 1.807) is 0 Å². The number of nitrogens with one attached hydrogen (secondary N) is 1. The lowest BCUT2D eigenvalue weighted by atomic mass is 9.80. The lowest BCUT2D eigenvalue weighted by Crippen LogP contribution is -2.46. The first kappa shape index (κ1) is 17.6. The standard InChI is InChI=1S/C16H23NO3.ClH/c1-15(2,3)20-12-8-6-11(7-9-12)13-16(4,5)10-19-14(18)17-13;/h6-9,13H,10H2,1-5H3,(H,17,18);1H/t13-;/m1./s1. The molecule has 0 unspecified atom stereocenters. The van der Waals surface area contributed by atoms with E-state index in [-0.39, 0.29) is 35.6 Å². The lowest BCUT2D eigenvalue weighted by molar-refractivity contribution is 0.0387. The van der Waals surface area contributed by atoms with Gasteiger partial charge in [-0.2, -0.15) is 0 Å². The molecule has 2 rings (SSSR count). The van der Waals surface area contributed by atoms with Crippen LogP contribution >= 0.6 is 12.4 Å². The number of ether oxygens (including phenoxy) is 2. The first-order valence-corrected chi connectivity index (χ1v) is 6.90. The molecule has 1 amide bonds. The summed E-state index contributed by atoms with van der Waals surface area (Å²) in [6.45, 7) is 10.6. The van der Waals surface area contributed by atoms with Crippen molar-refractivity contribution in [1.29, 1.82) is 0 Å². The second-order valence-corrected chi connectivity index (χ2v) is 6.93. The highest BCUT2D eigenvalue weighted by molar-refractivity contribution is 5.85. The van der Waals surface area contributed by atoms with Crippen LogP contribution in [0.4, 0.5) is 4.79 Å². The molecular weight excluding hydrogens is 290 g/mol. The topological polar surface area (TPSA) is 47.6 Å². The quantitative estimate of drug-likeness (QED) is 0.894. The first-order chi connectivity index (χ1) is 9.17. The van der Waals surface area contributed by atoms with Crippen LogP contribution in [0.2, 0.25) is 0 Å². The fraction of sp³-hybridized carbons (Fsp3) is 0.562. The van der Waals surface area contributed by atoms with E-state index in [0.717, 1.165) is 11.3 Å². The van der Waals surface area contributed by atoms with Gasteiger partial charge in [-0.3, -0.25) is 0 Å². The fourth-order valence-corrected chi connectivity index (χ4v) is 2.31. The SMILES string of the molecule is CC(C)(C)Oc1ccc([C@H]2NC(=O)OCC2(C)C)cc1.Cl. The van der Waals surface area contributed by atoms with Gasteiger partial charge in [-0.1, -0.05) is 26.0 Å². The number of benzene rings is 1. The van der Waals surface area contributed by atoms with E-state index in [2.05, 4.69) is 19.2 Å². The van der Waals surface area contributed by atoms with Crippen molar-refractivity contribution < 1.29 is 14.3 Å². The summed E-state index contributed by atoms with van der Waals surface area (Å²) in [5.41, 5.74) is 0.710. The van der Waals surface area contributed by atoms with Crippen LogP contribution < -0.4 is 10.1 Å². The summed E-state index contributed by atoms with van der Waals surface area (Å²) in [4.78, 5) is 11.4. The van der Waals surface area contributed by atoms with E-state index in [4.69, 9.17) is 9.47 Å². The summed E-state index contributed by atoms with van der Waals surface area (Å²) >= 11 is 0. The summed E-state index contributed by atoms with van der Waals surface area (Å²) in [6.07, 6.45) is -0.357. The largest absolute Gasteiger partial charge is 0.488 e. The van der Waals surface area contributed by atoms with Crippen LogP contribution in [0.15, 0.2) is 24.3 Å². The van der Waals surface area contributed by atoms with Gasteiger partial charge in [-0.15, -0.1) is 12.4 Å². The van der Waals surface area contributed by atoms with E-state index in [1.165, 1.54) is 0 Å². The molecule has 118 valence electrons. The molecule has 1 aromatic rings. The molecule has 0 spiro atoms. The number of hydrogen-bond donors (Lipinski definition) is 1. The minimum absolute atomic E-state index is 0. The third kappa shape index (κ3) is 4.53. The zero-order valence-electron chi connectivity index (χ0n) is 13.2. The number of carbonyl (C=O) groups is 1. The molecule has 1 atom stereocenters. The van der Waals surface area contributed by atoms with E-state index in [0.29, 0.717) is 6.61 Å². The van der Waals surface area contributed by atoms with Crippen LogP contribution in [0.25, 0.3) is 0 Å². The van der Waals surface area contributed by atoms with Crippen molar-refractivity contribution in [1.82, 2.24) is 5.32 Å². The normalized spacial score (nSPS) is 20.8. The van der Waals surface area contributed by atoms with Crippen molar-refractivity contribution in [2.75, 3.05) is 6.61 Å². The predicted octanol–water partition coefficient (Wildman–Crippen LogP) is 4.09. The molecule has 0 bridgehead atoms. The van der Waals surface area contributed by atoms with E-state index in [1.807, 2.05) is 45.0 Å². The maximum absolute atomic E-state index is 11.4. The van der Waals surface area contributed by atoms with E-state index < -0.39 is 0 Å². The van der Waals surface area contributed by atoms with Gasteiger partial charge in [0.25, 0.3) is 0 Å². The molecule has 0 aromatic heterocycles. The van der Waals surface area contributed by atoms with Crippen LogP contribution in [0.5, 0.6) is 5.75 Å². The zero-order chi connectivity index (χ0) is 15.0.